The minimum Gasteiger partial charge on any atom is -0.212 e. The van der Waals surface area contributed by atoms with E-state index in [1.807, 2.05) is 42.5 Å². The van der Waals surface area contributed by atoms with Crippen LogP contribution in [0.25, 0.3) is 10.8 Å². The normalized spacial score (nSPS) is 11.7. The summed E-state index contributed by atoms with van der Waals surface area (Å²) in [5.41, 5.74) is 1.64. The monoisotopic (exact) mass is 345 g/mol. The molecule has 0 saturated heterocycles. The van der Waals surface area contributed by atoms with Crippen molar-refractivity contribution in [2.24, 2.45) is 0 Å². The van der Waals surface area contributed by atoms with Crippen LogP contribution in [0.1, 0.15) is 11.1 Å². The predicted octanol–water partition coefficient (Wildman–Crippen LogP) is 4.11. The largest absolute Gasteiger partial charge is 0.216 e. The molecule has 0 saturated carbocycles. The fraction of sp³-hybridized carbons (Fsp3) is 0.111. The molecule has 0 bridgehead atoms. The van der Waals surface area contributed by atoms with Crippen LogP contribution in [0.4, 0.5) is 0 Å². The molecule has 0 radical (unpaired) electrons. The quantitative estimate of drug-likeness (QED) is 0.756. The van der Waals surface area contributed by atoms with Gasteiger partial charge in [-0.3, -0.25) is 0 Å². The fourth-order valence-electron chi connectivity index (χ4n) is 2.39. The van der Waals surface area contributed by atoms with Crippen molar-refractivity contribution in [3.8, 4) is 0 Å². The summed E-state index contributed by atoms with van der Waals surface area (Å²) in [6.45, 7) is 0.279. The summed E-state index contributed by atoms with van der Waals surface area (Å²) in [6, 6.07) is 20.8. The molecule has 0 unspecified atom stereocenters. The van der Waals surface area contributed by atoms with E-state index in [2.05, 4.69) is 4.72 Å². The first-order valence-corrected chi connectivity index (χ1v) is 9.24. The number of nitrogens with one attached hydrogen (secondary N) is 1. The zero-order chi connectivity index (χ0) is 16.3. The Morgan fingerprint density at radius 2 is 1.48 bits per heavy atom. The summed E-state index contributed by atoms with van der Waals surface area (Å²) >= 11 is 5.81. The third-order valence-electron chi connectivity index (χ3n) is 3.58. The molecular formula is C18H16ClNO2S. The molecule has 23 heavy (non-hydrogen) atoms. The van der Waals surface area contributed by atoms with Crippen molar-refractivity contribution in [3.05, 3.63) is 82.9 Å². The molecule has 3 aromatic rings. The van der Waals surface area contributed by atoms with Gasteiger partial charge in [0.2, 0.25) is 10.0 Å². The summed E-state index contributed by atoms with van der Waals surface area (Å²) in [6.07, 6.45) is 0. The highest BCUT2D eigenvalue weighted by atomic mass is 35.5. The summed E-state index contributed by atoms with van der Waals surface area (Å²) in [7, 11) is -3.39. The number of hydrogen-bond acceptors (Lipinski definition) is 2. The van der Waals surface area contributed by atoms with Crippen molar-refractivity contribution in [1.82, 2.24) is 4.72 Å². The first kappa shape index (κ1) is 16.0. The summed E-state index contributed by atoms with van der Waals surface area (Å²) in [5, 5.41) is 2.83. The van der Waals surface area contributed by atoms with Crippen molar-refractivity contribution in [2.45, 2.75) is 12.3 Å². The van der Waals surface area contributed by atoms with Crippen LogP contribution in [0.2, 0.25) is 5.02 Å². The number of sulfonamides is 1. The van der Waals surface area contributed by atoms with E-state index in [4.69, 9.17) is 11.6 Å². The second kappa shape index (κ2) is 6.71. The Morgan fingerprint density at radius 3 is 2.22 bits per heavy atom. The Labute approximate surface area is 141 Å². The molecule has 0 amide bonds. The van der Waals surface area contributed by atoms with E-state index in [1.54, 1.807) is 24.3 Å². The highest BCUT2D eigenvalue weighted by molar-refractivity contribution is 7.88. The Kier molecular flexibility index (Phi) is 4.66. The maximum Gasteiger partial charge on any atom is 0.216 e. The number of benzene rings is 3. The van der Waals surface area contributed by atoms with E-state index < -0.39 is 10.0 Å². The lowest BCUT2D eigenvalue weighted by atomic mass is 10.1. The van der Waals surface area contributed by atoms with Crippen molar-refractivity contribution in [1.29, 1.82) is 0 Å². The van der Waals surface area contributed by atoms with Crippen LogP contribution in [0, 0.1) is 0 Å². The van der Waals surface area contributed by atoms with E-state index in [-0.39, 0.29) is 12.3 Å². The molecular weight excluding hydrogens is 330 g/mol. The lowest BCUT2D eigenvalue weighted by Crippen LogP contribution is -2.24. The van der Waals surface area contributed by atoms with Gasteiger partial charge in [-0.15, -0.1) is 0 Å². The number of fused-ring (bicyclic) bond motifs is 1. The zero-order valence-electron chi connectivity index (χ0n) is 12.4. The van der Waals surface area contributed by atoms with Gasteiger partial charge in [-0.1, -0.05) is 60.1 Å². The molecule has 5 heteroatoms. The van der Waals surface area contributed by atoms with Crippen LogP contribution in [0.3, 0.4) is 0 Å². The lowest BCUT2D eigenvalue weighted by Gasteiger charge is -2.08. The van der Waals surface area contributed by atoms with Gasteiger partial charge in [0.25, 0.3) is 0 Å². The zero-order valence-corrected chi connectivity index (χ0v) is 13.9. The van der Waals surface area contributed by atoms with E-state index in [1.165, 1.54) is 0 Å². The second-order valence-electron chi connectivity index (χ2n) is 5.39. The van der Waals surface area contributed by atoms with Gasteiger partial charge in [0.15, 0.2) is 0 Å². The van der Waals surface area contributed by atoms with Crippen LogP contribution in [-0.4, -0.2) is 8.42 Å². The van der Waals surface area contributed by atoms with Crippen molar-refractivity contribution < 1.29 is 8.42 Å². The van der Waals surface area contributed by atoms with Gasteiger partial charge >= 0.3 is 0 Å². The van der Waals surface area contributed by atoms with Crippen LogP contribution in [-0.2, 0) is 22.3 Å². The Bertz CT molecular complexity index is 921. The molecule has 0 aliphatic carbocycles. The van der Waals surface area contributed by atoms with Crippen molar-refractivity contribution >= 4 is 32.4 Å². The van der Waals surface area contributed by atoms with Gasteiger partial charge in [-0.2, -0.15) is 0 Å². The Balaban J connectivity index is 1.69. The van der Waals surface area contributed by atoms with E-state index >= 15 is 0 Å². The summed E-state index contributed by atoms with van der Waals surface area (Å²) in [4.78, 5) is 0. The van der Waals surface area contributed by atoms with E-state index in [0.29, 0.717) is 10.6 Å². The van der Waals surface area contributed by atoms with Crippen molar-refractivity contribution in [3.63, 3.8) is 0 Å². The molecule has 0 aliphatic heterocycles. The third-order valence-corrected chi connectivity index (χ3v) is 5.13. The fourth-order valence-corrected chi connectivity index (χ4v) is 3.64. The van der Waals surface area contributed by atoms with Crippen molar-refractivity contribution in [2.75, 3.05) is 0 Å². The molecule has 3 aromatic carbocycles. The molecule has 0 aliphatic rings. The topological polar surface area (TPSA) is 46.2 Å². The highest BCUT2D eigenvalue weighted by Gasteiger charge is 2.11. The van der Waals surface area contributed by atoms with E-state index in [9.17, 15) is 8.42 Å². The minimum absolute atomic E-state index is 0.0578. The number of rotatable bonds is 5. The van der Waals surface area contributed by atoms with E-state index in [0.717, 1.165) is 16.3 Å². The number of hydrogen-bond donors (Lipinski definition) is 1. The standard InChI is InChI=1S/C18H16ClNO2S/c19-18-9-6-14(7-10-18)13-23(21,22)20-12-15-5-8-16-3-1-2-4-17(16)11-15/h1-11,20H,12-13H2. The first-order valence-electron chi connectivity index (χ1n) is 7.21. The highest BCUT2D eigenvalue weighted by Crippen LogP contribution is 2.16. The second-order valence-corrected chi connectivity index (χ2v) is 7.63. The molecule has 3 rings (SSSR count). The number of halogens is 1. The predicted molar refractivity (Wildman–Crippen MR) is 94.9 cm³/mol. The SMILES string of the molecule is O=S(=O)(Cc1ccc(Cl)cc1)NCc1ccc2ccccc2c1. The maximum absolute atomic E-state index is 12.2. The molecule has 0 fully saturated rings. The smallest absolute Gasteiger partial charge is 0.212 e. The summed E-state index contributed by atoms with van der Waals surface area (Å²) in [5.74, 6) is -0.0578. The van der Waals surface area contributed by atoms with Gasteiger partial charge in [0, 0.05) is 11.6 Å². The molecule has 3 nitrogen and oxygen atoms in total. The average molecular weight is 346 g/mol. The van der Waals surface area contributed by atoms with Crippen LogP contribution in [0.15, 0.2) is 66.7 Å². The molecule has 1 N–H and O–H groups in total. The van der Waals surface area contributed by atoms with Crippen LogP contribution in [0.5, 0.6) is 0 Å². The lowest BCUT2D eigenvalue weighted by molar-refractivity contribution is 0.580. The maximum atomic E-state index is 12.2. The minimum atomic E-state index is -3.39. The Morgan fingerprint density at radius 1 is 0.826 bits per heavy atom. The van der Waals surface area contributed by atoms with Gasteiger partial charge in [-0.25, -0.2) is 13.1 Å². The molecule has 118 valence electrons. The molecule has 0 atom stereocenters. The van der Waals surface area contributed by atoms with Gasteiger partial charge < -0.3 is 0 Å². The Hall–Kier alpha value is -1.88. The first-order chi connectivity index (χ1) is 11.0. The van der Waals surface area contributed by atoms with Crippen LogP contribution < -0.4 is 4.72 Å². The third kappa shape index (κ3) is 4.32. The molecule has 0 heterocycles. The van der Waals surface area contributed by atoms with Gasteiger partial charge in [0.1, 0.15) is 0 Å². The van der Waals surface area contributed by atoms with Gasteiger partial charge in [-0.05, 0) is 40.1 Å². The molecule has 0 spiro atoms. The van der Waals surface area contributed by atoms with Gasteiger partial charge in [0.05, 0.1) is 5.75 Å². The van der Waals surface area contributed by atoms with Crippen LogP contribution >= 0.6 is 11.6 Å². The summed E-state index contributed by atoms with van der Waals surface area (Å²) < 4.78 is 27.0. The average Bonchev–Trinajstić information content (AvgIpc) is 2.55. The molecule has 0 aromatic heterocycles.